The van der Waals surface area contributed by atoms with Gasteiger partial charge in [-0.05, 0) is 109 Å². The zero-order chi connectivity index (χ0) is 42.9. The minimum atomic E-state index is -2.90. The second-order valence-electron chi connectivity index (χ2n) is 13.9. The number of rotatable bonds is 4. The van der Waals surface area contributed by atoms with Crippen LogP contribution in [0.25, 0.3) is 11.1 Å². The molecule has 8 aromatic carbocycles. The van der Waals surface area contributed by atoms with Crippen molar-refractivity contribution >= 4 is 86.0 Å². The number of hydrogen-bond acceptors (Lipinski definition) is 2. The average molecular weight is 700 g/mol. The van der Waals surface area contributed by atoms with Gasteiger partial charge in [0.1, 0.15) is 0 Å². The van der Waals surface area contributed by atoms with Gasteiger partial charge in [-0.2, -0.15) is 0 Å². The summed E-state index contributed by atoms with van der Waals surface area (Å²) in [4.78, 5) is 3.72. The molecule has 0 saturated carbocycles. The maximum Gasteiger partial charge on any atom is 0.252 e. The molecule has 11 rings (SSSR count). The Balaban J connectivity index is 1.25. The van der Waals surface area contributed by atoms with Gasteiger partial charge in [0.2, 0.25) is 0 Å². The van der Waals surface area contributed by atoms with E-state index in [1.807, 2.05) is 31.2 Å². The molecule has 0 N–H and O–H groups in total. The molecule has 4 heteroatoms. The summed E-state index contributed by atoms with van der Waals surface area (Å²) in [5.41, 5.74) is 7.86. The van der Waals surface area contributed by atoms with Gasteiger partial charge in [-0.15, -0.1) is 0 Å². The Kier molecular flexibility index (Phi) is 4.93. The van der Waals surface area contributed by atoms with Gasteiger partial charge in [-0.3, -0.25) is 0 Å². The predicted octanol–water partition coefficient (Wildman–Crippen LogP) is 7.44. The number of anilines is 6. The van der Waals surface area contributed by atoms with Crippen LogP contribution in [0.2, 0.25) is 0 Å². The molecule has 248 valence electrons. The van der Waals surface area contributed by atoms with Crippen molar-refractivity contribution in [3.8, 4) is 11.1 Å². The molecule has 0 atom stereocenters. The van der Waals surface area contributed by atoms with E-state index in [4.69, 9.17) is 6.85 Å². The van der Waals surface area contributed by atoms with Gasteiger partial charge in [-0.1, -0.05) is 145 Å². The summed E-state index contributed by atoms with van der Waals surface area (Å²) < 4.78 is 80.8. The largest absolute Gasteiger partial charge is 0.311 e. The highest BCUT2D eigenvalue weighted by atomic mass is 28.3. The highest BCUT2D eigenvalue weighted by molar-refractivity contribution is 7.22. The minimum Gasteiger partial charge on any atom is -0.311 e. The van der Waals surface area contributed by atoms with Gasteiger partial charge in [0.05, 0.1) is 12.3 Å². The zero-order valence-electron chi connectivity index (χ0n) is 37.8. The summed E-state index contributed by atoms with van der Waals surface area (Å²) in [7, 11) is -2.90. The molecule has 0 saturated heterocycles. The van der Waals surface area contributed by atoms with E-state index < -0.39 is 57.1 Å². The highest BCUT2D eigenvalue weighted by Gasteiger charge is 2.49. The van der Waals surface area contributed by atoms with Gasteiger partial charge < -0.3 is 9.80 Å². The Bertz CT molecular complexity index is 3170. The van der Waals surface area contributed by atoms with Crippen LogP contribution in [-0.4, -0.2) is 14.8 Å². The molecule has 0 unspecified atom stereocenters. The summed E-state index contributed by atoms with van der Waals surface area (Å²) in [5, 5.41) is 5.09. The van der Waals surface area contributed by atoms with Gasteiger partial charge in [0, 0.05) is 34.1 Å². The van der Waals surface area contributed by atoms with Crippen LogP contribution in [-0.2, 0) is 0 Å². The molecular formula is C49H35BN2Si. The van der Waals surface area contributed by atoms with Crippen molar-refractivity contribution < 1.29 is 12.3 Å². The van der Waals surface area contributed by atoms with Gasteiger partial charge in [0.25, 0.3) is 6.71 Å². The number of para-hydroxylation sites is 3. The smallest absolute Gasteiger partial charge is 0.252 e. The molecule has 0 bridgehead atoms. The fraction of sp³-hybridized carbons (Fsp3) is 0.0204. The Morgan fingerprint density at radius 2 is 1.08 bits per heavy atom. The predicted molar refractivity (Wildman–Crippen MR) is 228 cm³/mol. The van der Waals surface area contributed by atoms with Crippen LogP contribution in [0.4, 0.5) is 34.1 Å². The quantitative estimate of drug-likeness (QED) is 0.177. The van der Waals surface area contributed by atoms with Crippen LogP contribution in [0, 0.1) is 6.92 Å². The first-order chi connectivity index (χ1) is 30.0. The second-order valence-corrected chi connectivity index (χ2v) is 17.6. The van der Waals surface area contributed by atoms with Crippen molar-refractivity contribution in [1.82, 2.24) is 0 Å². The number of benzene rings is 8. The lowest BCUT2D eigenvalue weighted by molar-refractivity contribution is 1.24. The monoisotopic (exact) mass is 699 g/mol. The molecule has 53 heavy (non-hydrogen) atoms. The lowest BCUT2D eigenvalue weighted by Gasteiger charge is -2.44. The molecule has 2 nitrogen and oxygen atoms in total. The minimum absolute atomic E-state index is 0.0589. The van der Waals surface area contributed by atoms with E-state index in [2.05, 4.69) is 120 Å². The lowest BCUT2D eigenvalue weighted by Crippen LogP contribution is -2.72. The summed E-state index contributed by atoms with van der Waals surface area (Å²) >= 11 is 0. The summed E-state index contributed by atoms with van der Waals surface area (Å²) in [6, 6.07) is 44.9. The Morgan fingerprint density at radius 1 is 0.472 bits per heavy atom. The molecule has 8 aromatic rings. The van der Waals surface area contributed by atoms with Crippen molar-refractivity contribution in [3.05, 3.63) is 199 Å². The molecule has 3 aliphatic rings. The van der Waals surface area contributed by atoms with E-state index in [0.29, 0.717) is 11.2 Å². The molecule has 0 fully saturated rings. The lowest BCUT2D eigenvalue weighted by atomic mass is 9.33. The van der Waals surface area contributed by atoms with Gasteiger partial charge in [0.15, 0.2) is 8.07 Å². The third-order valence-electron chi connectivity index (χ3n) is 11.2. The average Bonchev–Trinajstić information content (AvgIpc) is 3.60. The van der Waals surface area contributed by atoms with E-state index >= 15 is 0 Å². The van der Waals surface area contributed by atoms with Crippen LogP contribution in [0.5, 0.6) is 0 Å². The van der Waals surface area contributed by atoms with Crippen molar-refractivity contribution in [3.63, 3.8) is 0 Å². The molecule has 3 aliphatic heterocycles. The third kappa shape index (κ3) is 4.21. The van der Waals surface area contributed by atoms with Gasteiger partial charge >= 0.3 is 0 Å². The molecule has 0 spiro atoms. The van der Waals surface area contributed by atoms with E-state index in [-0.39, 0.29) is 28.9 Å². The SMILES string of the molecule is [2H]c1c([2H])c([2H])c(N2c3cc(C)cc4c3B(c3ccccc3N4c3ccc4c(c3)[Si](c3ccccc3)(c3ccccc3)c3ccccc3-4)c3c([2H])c([2H])c([2H])c([2H])c32)c([2H])c1[2H]. The standard InChI is InChI=1S/C49H35BN2Si/c1-34-31-45-49-46(32-34)52(44-27-15-13-25-42(44)50(49)41-24-12-14-26-43(41)51(45)35-17-5-2-6-18-35)36-29-30-40-39-23-11-16-28-47(39)53(48(40)33-36,37-19-7-3-8-20-37)38-21-9-4-10-22-38/h2-33H,1H3/i2D,5D,6D,12D,14D,17D,18D,24D,26D. The second kappa shape index (κ2) is 11.6. The molecular weight excluding hydrogens is 655 g/mol. The van der Waals surface area contributed by atoms with Crippen LogP contribution >= 0.6 is 0 Å². The fourth-order valence-corrected chi connectivity index (χ4v) is 14.4. The zero-order valence-corrected chi connectivity index (χ0v) is 29.8. The first-order valence-corrected chi connectivity index (χ1v) is 19.8. The van der Waals surface area contributed by atoms with Crippen LogP contribution in [0.3, 0.4) is 0 Å². The van der Waals surface area contributed by atoms with Crippen molar-refractivity contribution in [2.24, 2.45) is 0 Å². The van der Waals surface area contributed by atoms with E-state index in [1.165, 1.54) is 36.8 Å². The maximum atomic E-state index is 9.49. The van der Waals surface area contributed by atoms with Crippen LogP contribution in [0.15, 0.2) is 194 Å². The van der Waals surface area contributed by atoms with Gasteiger partial charge in [-0.25, -0.2) is 0 Å². The number of fused-ring (bicyclic) bond motifs is 7. The van der Waals surface area contributed by atoms with E-state index in [0.717, 1.165) is 28.1 Å². The highest BCUT2D eigenvalue weighted by Crippen LogP contribution is 2.45. The van der Waals surface area contributed by atoms with Crippen molar-refractivity contribution in [2.45, 2.75) is 6.92 Å². The molecule has 0 radical (unpaired) electrons. The summed E-state index contributed by atoms with van der Waals surface area (Å²) in [6.45, 7) is 1.26. The molecule has 0 aliphatic carbocycles. The first-order valence-electron chi connectivity index (χ1n) is 22.3. The van der Waals surface area contributed by atoms with Crippen LogP contribution in [0.1, 0.15) is 17.9 Å². The topological polar surface area (TPSA) is 6.48 Å². The van der Waals surface area contributed by atoms with E-state index in [9.17, 15) is 5.48 Å². The molecule has 3 heterocycles. The van der Waals surface area contributed by atoms with Crippen molar-refractivity contribution in [1.29, 1.82) is 0 Å². The molecule has 0 amide bonds. The Hall–Kier alpha value is -6.36. The van der Waals surface area contributed by atoms with Crippen LogP contribution < -0.4 is 46.9 Å². The maximum absolute atomic E-state index is 9.49. The summed E-state index contributed by atoms with van der Waals surface area (Å²) in [5.74, 6) is 0. The first kappa shape index (κ1) is 22.5. The van der Waals surface area contributed by atoms with Crippen molar-refractivity contribution in [2.75, 3.05) is 9.80 Å². The molecule has 0 aromatic heterocycles. The van der Waals surface area contributed by atoms with E-state index in [1.54, 1.807) is 0 Å². The summed E-state index contributed by atoms with van der Waals surface area (Å²) in [6.07, 6.45) is 0. The fourth-order valence-electron chi connectivity index (χ4n) is 9.20. The Labute approximate surface area is 325 Å². The normalized spacial score (nSPS) is 16.5. The number of aryl methyl sites for hydroxylation is 1. The number of hydrogen-bond donors (Lipinski definition) is 0. The Morgan fingerprint density at radius 3 is 1.83 bits per heavy atom. The third-order valence-corrected chi connectivity index (χ3v) is 16.0. The number of nitrogens with zero attached hydrogens (tertiary/aromatic N) is 2.